The molecule has 0 aromatic heterocycles. The number of para-hydroxylation sites is 1. The largest absolute Gasteiger partial charge is 0.492 e. The molecule has 0 fully saturated rings. The second-order valence-electron chi connectivity index (χ2n) is 7.50. The van der Waals surface area contributed by atoms with Crippen molar-refractivity contribution in [3.63, 3.8) is 0 Å². The first-order valence-electron chi connectivity index (χ1n) is 9.92. The summed E-state index contributed by atoms with van der Waals surface area (Å²) in [7, 11) is -3.65. The van der Waals surface area contributed by atoms with Crippen LogP contribution in [0.1, 0.15) is 44.2 Å². The lowest BCUT2D eigenvalue weighted by Gasteiger charge is -2.28. The van der Waals surface area contributed by atoms with E-state index in [9.17, 15) is 13.2 Å². The molecule has 6 nitrogen and oxygen atoms in total. The zero-order valence-electron chi connectivity index (χ0n) is 17.1. The van der Waals surface area contributed by atoms with E-state index in [4.69, 9.17) is 4.74 Å². The third kappa shape index (κ3) is 4.97. The summed E-state index contributed by atoms with van der Waals surface area (Å²) in [6.07, 6.45) is 1.59. The van der Waals surface area contributed by atoms with Gasteiger partial charge in [0.15, 0.2) is 0 Å². The van der Waals surface area contributed by atoms with Crippen LogP contribution < -0.4 is 14.4 Å². The number of carbonyl (C=O) groups excluding carboxylic acids is 1. The van der Waals surface area contributed by atoms with Crippen molar-refractivity contribution in [2.24, 2.45) is 0 Å². The minimum absolute atomic E-state index is 0.0292. The zero-order valence-corrected chi connectivity index (χ0v) is 18.0. The highest BCUT2D eigenvalue weighted by atomic mass is 32.2. The highest BCUT2D eigenvalue weighted by molar-refractivity contribution is 7.89. The molecule has 2 aromatic rings. The van der Waals surface area contributed by atoms with Crippen molar-refractivity contribution in [2.75, 3.05) is 24.6 Å². The molecule has 0 bridgehead atoms. The Kier molecular flexibility index (Phi) is 6.59. The molecule has 1 aliphatic heterocycles. The first-order chi connectivity index (χ1) is 13.8. The molecule has 1 heterocycles. The molecule has 156 valence electrons. The van der Waals surface area contributed by atoms with Gasteiger partial charge in [-0.25, -0.2) is 13.1 Å². The maximum absolute atomic E-state index is 12.7. The van der Waals surface area contributed by atoms with Crippen molar-refractivity contribution in [1.82, 2.24) is 4.72 Å². The quantitative estimate of drug-likeness (QED) is 0.702. The Labute approximate surface area is 172 Å². The van der Waals surface area contributed by atoms with Crippen LogP contribution >= 0.6 is 0 Å². The summed E-state index contributed by atoms with van der Waals surface area (Å²) >= 11 is 0. The number of hydrogen-bond acceptors (Lipinski definition) is 4. The molecule has 0 saturated carbocycles. The first kappa shape index (κ1) is 21.3. The van der Waals surface area contributed by atoms with Crippen molar-refractivity contribution in [2.45, 2.75) is 44.4 Å². The van der Waals surface area contributed by atoms with Crippen LogP contribution in [-0.4, -0.2) is 34.0 Å². The second kappa shape index (κ2) is 8.97. The van der Waals surface area contributed by atoms with Crippen molar-refractivity contribution >= 4 is 21.6 Å². The molecule has 1 aliphatic rings. The third-order valence-corrected chi connectivity index (χ3v) is 6.51. The van der Waals surface area contributed by atoms with Crippen LogP contribution in [0.15, 0.2) is 47.4 Å². The Morgan fingerprint density at radius 2 is 1.97 bits per heavy atom. The van der Waals surface area contributed by atoms with Gasteiger partial charge in [-0.1, -0.05) is 32.0 Å². The molecule has 7 heteroatoms. The van der Waals surface area contributed by atoms with Crippen LogP contribution in [0.3, 0.4) is 0 Å². The molecular weight excluding hydrogens is 388 g/mol. The van der Waals surface area contributed by atoms with Crippen molar-refractivity contribution in [3.8, 4) is 5.75 Å². The van der Waals surface area contributed by atoms with Gasteiger partial charge >= 0.3 is 0 Å². The standard InChI is InChI=1S/C22H28N2O4S/c1-16(2)20-8-4-5-9-22(20)28-14-12-23-29(26,27)19-10-11-21-18(15-19)7-6-13-24(21)17(3)25/h4-5,8-11,15-16,23H,6-7,12-14H2,1-3H3. The summed E-state index contributed by atoms with van der Waals surface area (Å²) < 4.78 is 33.7. The summed E-state index contributed by atoms with van der Waals surface area (Å²) in [5, 5.41) is 0. The minimum Gasteiger partial charge on any atom is -0.492 e. The first-order valence-corrected chi connectivity index (χ1v) is 11.4. The van der Waals surface area contributed by atoms with Gasteiger partial charge < -0.3 is 9.64 Å². The zero-order chi connectivity index (χ0) is 21.0. The average molecular weight is 417 g/mol. The number of carbonyl (C=O) groups is 1. The van der Waals surface area contributed by atoms with E-state index in [1.54, 1.807) is 23.1 Å². The highest BCUT2D eigenvalue weighted by Crippen LogP contribution is 2.29. The topological polar surface area (TPSA) is 75.7 Å². The molecule has 0 atom stereocenters. The lowest BCUT2D eigenvalue weighted by molar-refractivity contribution is -0.116. The Bertz CT molecular complexity index is 986. The van der Waals surface area contributed by atoms with E-state index in [0.29, 0.717) is 12.5 Å². The monoisotopic (exact) mass is 416 g/mol. The van der Waals surface area contributed by atoms with Crippen LogP contribution in [-0.2, 0) is 21.2 Å². The van der Waals surface area contributed by atoms with E-state index in [-0.39, 0.29) is 24.0 Å². The fourth-order valence-corrected chi connectivity index (χ4v) is 4.64. The Hall–Kier alpha value is -2.38. The Morgan fingerprint density at radius 3 is 2.69 bits per heavy atom. The maximum atomic E-state index is 12.7. The molecule has 0 saturated heterocycles. The number of ether oxygens (including phenoxy) is 1. The summed E-state index contributed by atoms with van der Waals surface area (Å²) in [6, 6.07) is 12.7. The molecule has 0 aliphatic carbocycles. The number of fused-ring (bicyclic) bond motifs is 1. The van der Waals surface area contributed by atoms with Crippen molar-refractivity contribution in [3.05, 3.63) is 53.6 Å². The van der Waals surface area contributed by atoms with E-state index in [0.717, 1.165) is 35.4 Å². The fourth-order valence-electron chi connectivity index (χ4n) is 3.58. The number of nitrogens with zero attached hydrogens (tertiary/aromatic N) is 1. The van der Waals surface area contributed by atoms with Gasteiger partial charge in [-0.3, -0.25) is 4.79 Å². The van der Waals surface area contributed by atoms with Crippen LogP contribution in [0.2, 0.25) is 0 Å². The second-order valence-corrected chi connectivity index (χ2v) is 9.27. The summed E-state index contributed by atoms with van der Waals surface area (Å²) in [5.74, 6) is 1.08. The van der Waals surface area contributed by atoms with E-state index in [1.807, 2.05) is 24.3 Å². The van der Waals surface area contributed by atoms with Crippen LogP contribution in [0.25, 0.3) is 0 Å². The van der Waals surface area contributed by atoms with E-state index >= 15 is 0 Å². The lowest BCUT2D eigenvalue weighted by atomic mass is 10.0. The highest BCUT2D eigenvalue weighted by Gasteiger charge is 2.23. The maximum Gasteiger partial charge on any atom is 0.240 e. The van der Waals surface area contributed by atoms with Gasteiger partial charge in [-0.05, 0) is 54.2 Å². The number of aryl methyl sites for hydroxylation is 1. The average Bonchev–Trinajstić information content (AvgIpc) is 2.70. The summed E-state index contributed by atoms with van der Waals surface area (Å²) in [4.78, 5) is 13.7. The number of nitrogens with one attached hydrogen (secondary N) is 1. The molecule has 1 N–H and O–H groups in total. The number of sulfonamides is 1. The van der Waals surface area contributed by atoms with Crippen LogP contribution in [0.5, 0.6) is 5.75 Å². The van der Waals surface area contributed by atoms with Gasteiger partial charge in [-0.2, -0.15) is 0 Å². The van der Waals surface area contributed by atoms with Gasteiger partial charge in [0.05, 0.1) is 4.90 Å². The molecule has 3 rings (SSSR count). The molecule has 2 aromatic carbocycles. The smallest absolute Gasteiger partial charge is 0.240 e. The molecule has 1 amide bonds. The third-order valence-electron chi connectivity index (χ3n) is 5.05. The number of hydrogen-bond donors (Lipinski definition) is 1. The van der Waals surface area contributed by atoms with E-state index in [1.165, 1.54) is 6.92 Å². The van der Waals surface area contributed by atoms with Crippen molar-refractivity contribution < 1.29 is 17.9 Å². The molecule has 0 radical (unpaired) electrons. The van der Waals surface area contributed by atoms with Gasteiger partial charge in [0, 0.05) is 25.7 Å². The molecule has 0 unspecified atom stereocenters. The number of benzene rings is 2. The predicted molar refractivity (Wildman–Crippen MR) is 114 cm³/mol. The van der Waals surface area contributed by atoms with Crippen LogP contribution in [0, 0.1) is 0 Å². The van der Waals surface area contributed by atoms with E-state index in [2.05, 4.69) is 18.6 Å². The van der Waals surface area contributed by atoms with Gasteiger partial charge in [0.25, 0.3) is 0 Å². The number of amides is 1. The lowest BCUT2D eigenvalue weighted by Crippen LogP contribution is -2.34. The van der Waals surface area contributed by atoms with Gasteiger partial charge in [0.1, 0.15) is 12.4 Å². The predicted octanol–water partition coefficient (Wildman–Crippen LogP) is 3.47. The van der Waals surface area contributed by atoms with Crippen molar-refractivity contribution in [1.29, 1.82) is 0 Å². The molecular formula is C22H28N2O4S. The minimum atomic E-state index is -3.65. The fraction of sp³-hybridized carbons (Fsp3) is 0.409. The van der Waals surface area contributed by atoms with E-state index < -0.39 is 10.0 Å². The SMILES string of the molecule is CC(=O)N1CCCc2cc(S(=O)(=O)NCCOc3ccccc3C(C)C)ccc21. The van der Waals surface area contributed by atoms with Gasteiger partial charge in [0.2, 0.25) is 15.9 Å². The number of anilines is 1. The summed E-state index contributed by atoms with van der Waals surface area (Å²) in [6.45, 7) is 6.79. The summed E-state index contributed by atoms with van der Waals surface area (Å²) in [5.41, 5.74) is 2.79. The Balaban J connectivity index is 1.64. The normalized spacial score (nSPS) is 14.0. The molecule has 0 spiro atoms. The molecule has 29 heavy (non-hydrogen) atoms. The van der Waals surface area contributed by atoms with Gasteiger partial charge in [-0.15, -0.1) is 0 Å². The Morgan fingerprint density at radius 1 is 1.21 bits per heavy atom. The van der Waals surface area contributed by atoms with Crippen LogP contribution in [0.4, 0.5) is 5.69 Å². The number of rotatable bonds is 7.